The summed E-state index contributed by atoms with van der Waals surface area (Å²) in [7, 11) is 0. The van der Waals surface area contributed by atoms with Crippen molar-refractivity contribution in [2.45, 2.75) is 6.04 Å². The summed E-state index contributed by atoms with van der Waals surface area (Å²) >= 11 is 1.58. The normalized spacial score (nSPS) is 12.3. The van der Waals surface area contributed by atoms with Crippen LogP contribution in [0.1, 0.15) is 17.2 Å². The maximum absolute atomic E-state index is 10.5. The third kappa shape index (κ3) is 2.10. The SMILES string of the molecule is N[C@@H](c1ccc([N+](=O)[O-])cc1)c1ccsc1. The highest BCUT2D eigenvalue weighted by Gasteiger charge is 2.11. The Morgan fingerprint density at radius 1 is 1.19 bits per heavy atom. The Morgan fingerprint density at radius 3 is 2.38 bits per heavy atom. The summed E-state index contributed by atoms with van der Waals surface area (Å²) in [5.41, 5.74) is 8.01. The predicted octanol–water partition coefficient (Wildman–Crippen LogP) is 2.70. The van der Waals surface area contributed by atoms with Crippen LogP contribution >= 0.6 is 11.3 Å². The van der Waals surface area contributed by atoms with Gasteiger partial charge in [0.15, 0.2) is 0 Å². The Balaban J connectivity index is 2.25. The average Bonchev–Trinajstić information content (AvgIpc) is 2.81. The van der Waals surface area contributed by atoms with Gasteiger partial charge in [-0.25, -0.2) is 0 Å². The number of rotatable bonds is 3. The summed E-state index contributed by atoms with van der Waals surface area (Å²) in [5, 5.41) is 14.4. The molecule has 0 saturated carbocycles. The van der Waals surface area contributed by atoms with Gasteiger partial charge in [0.25, 0.3) is 5.69 Å². The number of nitro groups is 1. The van der Waals surface area contributed by atoms with Crippen LogP contribution in [0.4, 0.5) is 5.69 Å². The number of benzene rings is 1. The maximum atomic E-state index is 10.5. The van der Waals surface area contributed by atoms with E-state index < -0.39 is 4.92 Å². The van der Waals surface area contributed by atoms with E-state index in [1.54, 1.807) is 23.5 Å². The Kier molecular flexibility index (Phi) is 2.98. The number of hydrogen-bond donors (Lipinski definition) is 1. The second-order valence-corrected chi connectivity index (χ2v) is 4.16. The first-order valence-corrected chi connectivity index (χ1v) is 5.65. The van der Waals surface area contributed by atoms with Crippen molar-refractivity contribution in [1.29, 1.82) is 0 Å². The van der Waals surface area contributed by atoms with Gasteiger partial charge in [-0.3, -0.25) is 10.1 Å². The van der Waals surface area contributed by atoms with Gasteiger partial charge in [0, 0.05) is 12.1 Å². The van der Waals surface area contributed by atoms with E-state index in [2.05, 4.69) is 0 Å². The molecule has 0 unspecified atom stereocenters. The zero-order valence-corrected chi connectivity index (χ0v) is 9.18. The zero-order chi connectivity index (χ0) is 11.5. The van der Waals surface area contributed by atoms with Crippen LogP contribution in [0, 0.1) is 10.1 Å². The summed E-state index contributed by atoms with van der Waals surface area (Å²) in [5.74, 6) is 0. The number of non-ortho nitro benzene ring substituents is 1. The third-order valence-corrected chi connectivity index (χ3v) is 3.07. The number of nitrogens with two attached hydrogens (primary N) is 1. The predicted molar refractivity (Wildman–Crippen MR) is 63.4 cm³/mol. The molecule has 0 radical (unpaired) electrons. The second kappa shape index (κ2) is 4.42. The molecule has 4 nitrogen and oxygen atoms in total. The number of thiophene rings is 1. The Hall–Kier alpha value is -1.72. The largest absolute Gasteiger partial charge is 0.320 e. The van der Waals surface area contributed by atoms with Crippen molar-refractivity contribution in [2.24, 2.45) is 5.73 Å². The summed E-state index contributed by atoms with van der Waals surface area (Å²) < 4.78 is 0. The molecule has 0 aliphatic heterocycles. The molecule has 1 aromatic heterocycles. The lowest BCUT2D eigenvalue weighted by molar-refractivity contribution is -0.384. The van der Waals surface area contributed by atoms with Crippen molar-refractivity contribution in [3.63, 3.8) is 0 Å². The van der Waals surface area contributed by atoms with Crippen LogP contribution in [-0.4, -0.2) is 4.92 Å². The highest BCUT2D eigenvalue weighted by molar-refractivity contribution is 7.08. The molecule has 5 heteroatoms. The molecule has 0 aliphatic rings. The number of nitro benzene ring substituents is 1. The van der Waals surface area contributed by atoms with Crippen molar-refractivity contribution >= 4 is 17.0 Å². The highest BCUT2D eigenvalue weighted by Crippen LogP contribution is 2.23. The lowest BCUT2D eigenvalue weighted by Crippen LogP contribution is -2.10. The first-order valence-electron chi connectivity index (χ1n) is 4.70. The minimum Gasteiger partial charge on any atom is -0.320 e. The van der Waals surface area contributed by atoms with E-state index in [1.807, 2.05) is 16.8 Å². The molecular weight excluding hydrogens is 224 g/mol. The van der Waals surface area contributed by atoms with Crippen LogP contribution in [0.25, 0.3) is 0 Å². The van der Waals surface area contributed by atoms with Gasteiger partial charge < -0.3 is 5.73 Å². The van der Waals surface area contributed by atoms with Crippen LogP contribution in [0.15, 0.2) is 41.1 Å². The molecule has 1 heterocycles. The van der Waals surface area contributed by atoms with Crippen molar-refractivity contribution < 1.29 is 4.92 Å². The van der Waals surface area contributed by atoms with Gasteiger partial charge in [-0.1, -0.05) is 12.1 Å². The molecule has 1 aromatic carbocycles. The monoisotopic (exact) mass is 234 g/mol. The van der Waals surface area contributed by atoms with Gasteiger partial charge in [0.1, 0.15) is 0 Å². The molecule has 2 rings (SSSR count). The number of hydrogen-bond acceptors (Lipinski definition) is 4. The van der Waals surface area contributed by atoms with E-state index in [9.17, 15) is 10.1 Å². The molecule has 16 heavy (non-hydrogen) atoms. The van der Waals surface area contributed by atoms with E-state index >= 15 is 0 Å². The van der Waals surface area contributed by atoms with Gasteiger partial charge in [-0.15, -0.1) is 0 Å². The molecule has 0 fully saturated rings. The Morgan fingerprint density at radius 2 is 1.88 bits per heavy atom. The highest BCUT2D eigenvalue weighted by atomic mass is 32.1. The van der Waals surface area contributed by atoms with E-state index in [4.69, 9.17) is 5.73 Å². The quantitative estimate of drug-likeness (QED) is 0.655. The molecule has 2 aromatic rings. The van der Waals surface area contributed by atoms with Gasteiger partial charge in [0.2, 0.25) is 0 Å². The van der Waals surface area contributed by atoms with Crippen LogP contribution < -0.4 is 5.73 Å². The topological polar surface area (TPSA) is 69.2 Å². The smallest absolute Gasteiger partial charge is 0.269 e. The van der Waals surface area contributed by atoms with Crippen molar-refractivity contribution in [3.05, 3.63) is 62.3 Å². The summed E-state index contributed by atoms with van der Waals surface area (Å²) in [6, 6.07) is 8.08. The van der Waals surface area contributed by atoms with Crippen molar-refractivity contribution in [2.75, 3.05) is 0 Å². The summed E-state index contributed by atoms with van der Waals surface area (Å²) in [4.78, 5) is 10.1. The Bertz CT molecular complexity index is 479. The molecule has 0 aliphatic carbocycles. The molecule has 1 atom stereocenters. The molecule has 0 bridgehead atoms. The lowest BCUT2D eigenvalue weighted by Gasteiger charge is -2.09. The van der Waals surface area contributed by atoms with Crippen molar-refractivity contribution in [3.8, 4) is 0 Å². The van der Waals surface area contributed by atoms with Gasteiger partial charge in [-0.2, -0.15) is 11.3 Å². The summed E-state index contributed by atoms with van der Waals surface area (Å²) in [6.45, 7) is 0. The fourth-order valence-corrected chi connectivity index (χ4v) is 2.14. The van der Waals surface area contributed by atoms with Crippen LogP contribution in [0.5, 0.6) is 0 Å². The molecule has 0 saturated heterocycles. The van der Waals surface area contributed by atoms with Crippen LogP contribution in [-0.2, 0) is 0 Å². The fourth-order valence-electron chi connectivity index (χ4n) is 1.45. The molecular formula is C11H10N2O2S. The summed E-state index contributed by atoms with van der Waals surface area (Å²) in [6.07, 6.45) is 0. The van der Waals surface area contributed by atoms with E-state index in [0.29, 0.717) is 0 Å². The van der Waals surface area contributed by atoms with Crippen LogP contribution in [0.2, 0.25) is 0 Å². The van der Waals surface area contributed by atoms with Crippen molar-refractivity contribution in [1.82, 2.24) is 0 Å². The average molecular weight is 234 g/mol. The first kappa shape index (κ1) is 10.8. The molecule has 2 N–H and O–H groups in total. The zero-order valence-electron chi connectivity index (χ0n) is 8.37. The molecule has 0 amide bonds. The second-order valence-electron chi connectivity index (χ2n) is 3.38. The molecule has 0 spiro atoms. The lowest BCUT2D eigenvalue weighted by atomic mass is 10.0. The fraction of sp³-hybridized carbons (Fsp3) is 0.0909. The van der Waals surface area contributed by atoms with Gasteiger partial charge in [0.05, 0.1) is 11.0 Å². The third-order valence-electron chi connectivity index (χ3n) is 2.37. The first-order chi connectivity index (χ1) is 7.68. The minimum atomic E-state index is -0.417. The number of nitrogens with zero attached hydrogens (tertiary/aromatic N) is 1. The van der Waals surface area contributed by atoms with E-state index in [-0.39, 0.29) is 11.7 Å². The van der Waals surface area contributed by atoms with E-state index in [1.165, 1.54) is 12.1 Å². The molecule has 82 valence electrons. The Labute approximate surface area is 96.5 Å². The minimum absolute atomic E-state index is 0.0845. The maximum Gasteiger partial charge on any atom is 0.269 e. The van der Waals surface area contributed by atoms with Gasteiger partial charge >= 0.3 is 0 Å². The standard InChI is InChI=1S/C11H10N2O2S/c12-11(9-5-6-16-7-9)8-1-3-10(4-2-8)13(14)15/h1-7,11H,12H2/t11-/m0/s1. The van der Waals surface area contributed by atoms with E-state index in [0.717, 1.165) is 11.1 Å². The van der Waals surface area contributed by atoms with Crippen LogP contribution in [0.3, 0.4) is 0 Å². The van der Waals surface area contributed by atoms with Gasteiger partial charge in [-0.05, 0) is 28.0 Å².